The van der Waals surface area contributed by atoms with Gasteiger partial charge in [-0.1, -0.05) is 18.2 Å². The Morgan fingerprint density at radius 3 is 2.58 bits per heavy atom. The Kier molecular flexibility index (Phi) is 3.58. The molecule has 1 aromatic carbocycles. The number of fused-ring (bicyclic) bond motifs is 1. The molecular weight excluding hydrogens is 173 g/mol. The molecule has 2 aromatic rings. The highest BCUT2D eigenvalue weighted by molar-refractivity contribution is 7.16. The van der Waals surface area contributed by atoms with Crippen molar-refractivity contribution in [1.29, 1.82) is 0 Å². The van der Waals surface area contributed by atoms with Gasteiger partial charge in [-0.3, -0.25) is 4.57 Å². The first-order valence-electron chi connectivity index (χ1n) is 3.48. The molecule has 0 saturated heterocycles. The fraction of sp³-hybridized carbons (Fsp3) is 0. The summed E-state index contributed by atoms with van der Waals surface area (Å²) in [6.45, 7) is 0. The lowest BCUT2D eigenvalue weighted by Crippen LogP contribution is -1.61. The van der Waals surface area contributed by atoms with Gasteiger partial charge in [0.15, 0.2) is 8.69 Å². The van der Waals surface area contributed by atoms with Gasteiger partial charge in [-0.25, -0.2) is 0 Å². The SMILES string of the molecule is O=[PH2]O.c1ccc2[nH]ccc2c1. The van der Waals surface area contributed by atoms with Gasteiger partial charge in [-0.05, 0) is 17.5 Å². The van der Waals surface area contributed by atoms with Crippen LogP contribution in [-0.4, -0.2) is 9.88 Å². The first-order chi connectivity index (χ1) is 5.88. The van der Waals surface area contributed by atoms with E-state index in [1.54, 1.807) is 0 Å². The molecule has 3 nitrogen and oxygen atoms in total. The van der Waals surface area contributed by atoms with Crippen LogP contribution in [0.15, 0.2) is 36.5 Å². The summed E-state index contributed by atoms with van der Waals surface area (Å²) >= 11 is 0. The molecule has 0 fully saturated rings. The quantitative estimate of drug-likeness (QED) is 0.612. The largest absolute Gasteiger partial charge is 0.361 e. The standard InChI is InChI=1S/C8H7N.H3O2P/c1-2-4-8-7(3-1)5-6-9-8;1-3-2/h1-6,9H;3H2,(H,1,2). The summed E-state index contributed by atoms with van der Waals surface area (Å²) in [4.78, 5) is 10.2. The summed E-state index contributed by atoms with van der Waals surface area (Å²) in [6.07, 6.45) is 1.95. The minimum absolute atomic E-state index is 1.21. The molecule has 2 rings (SSSR count). The molecule has 0 saturated carbocycles. The van der Waals surface area contributed by atoms with Crippen molar-refractivity contribution in [2.75, 3.05) is 0 Å². The summed E-state index contributed by atoms with van der Waals surface area (Å²) in [6, 6.07) is 10.3. The van der Waals surface area contributed by atoms with E-state index in [1.165, 1.54) is 10.9 Å². The van der Waals surface area contributed by atoms with Gasteiger partial charge in [-0.2, -0.15) is 0 Å². The van der Waals surface area contributed by atoms with Crippen LogP contribution in [0.3, 0.4) is 0 Å². The molecule has 12 heavy (non-hydrogen) atoms. The van der Waals surface area contributed by atoms with Crippen LogP contribution in [0.4, 0.5) is 0 Å². The average Bonchev–Trinajstić information content (AvgIpc) is 2.52. The zero-order chi connectivity index (χ0) is 8.81. The van der Waals surface area contributed by atoms with Gasteiger partial charge in [0.1, 0.15) is 0 Å². The van der Waals surface area contributed by atoms with Gasteiger partial charge < -0.3 is 9.88 Å². The minimum Gasteiger partial charge on any atom is -0.361 e. The van der Waals surface area contributed by atoms with Crippen molar-refractivity contribution in [2.24, 2.45) is 0 Å². The zero-order valence-corrected chi connectivity index (χ0v) is 7.55. The highest BCUT2D eigenvalue weighted by Gasteiger charge is 1.86. The maximum atomic E-state index is 8.57. The van der Waals surface area contributed by atoms with Crippen molar-refractivity contribution in [1.82, 2.24) is 4.98 Å². The molecule has 0 aliphatic heterocycles. The number of rotatable bonds is 0. The number of hydrogen-bond donors (Lipinski definition) is 2. The lowest BCUT2D eigenvalue weighted by Gasteiger charge is -1.83. The average molecular weight is 183 g/mol. The molecule has 1 heterocycles. The molecule has 64 valence electrons. The second kappa shape index (κ2) is 4.75. The summed E-state index contributed by atoms with van der Waals surface area (Å²) in [5.74, 6) is 0. The molecule has 4 heteroatoms. The molecule has 0 spiro atoms. The molecule has 1 unspecified atom stereocenters. The van der Waals surface area contributed by atoms with Crippen molar-refractivity contribution >= 4 is 19.6 Å². The van der Waals surface area contributed by atoms with E-state index in [-0.39, 0.29) is 0 Å². The van der Waals surface area contributed by atoms with Crippen LogP contribution in [0, 0.1) is 0 Å². The van der Waals surface area contributed by atoms with Crippen LogP contribution < -0.4 is 0 Å². The van der Waals surface area contributed by atoms with E-state index in [0.717, 1.165) is 0 Å². The molecule has 0 amide bonds. The fourth-order valence-electron chi connectivity index (χ4n) is 0.995. The van der Waals surface area contributed by atoms with Crippen LogP contribution in [-0.2, 0) is 4.57 Å². The Bertz CT molecular complexity index is 328. The van der Waals surface area contributed by atoms with Gasteiger partial charge >= 0.3 is 0 Å². The molecule has 1 aromatic heterocycles. The normalized spacial score (nSPS) is 10.1. The summed E-state index contributed by atoms with van der Waals surface area (Å²) < 4.78 is 8.57. The van der Waals surface area contributed by atoms with Crippen molar-refractivity contribution < 1.29 is 9.46 Å². The Morgan fingerprint density at radius 1 is 1.25 bits per heavy atom. The molecule has 1 atom stereocenters. The van der Waals surface area contributed by atoms with Gasteiger partial charge in [0.05, 0.1) is 0 Å². The Balaban J connectivity index is 0.000000213. The number of aromatic amines is 1. The van der Waals surface area contributed by atoms with E-state index < -0.39 is 8.69 Å². The predicted molar refractivity (Wildman–Crippen MR) is 50.9 cm³/mol. The van der Waals surface area contributed by atoms with Gasteiger partial charge in [0, 0.05) is 11.7 Å². The summed E-state index contributed by atoms with van der Waals surface area (Å²) in [5, 5.41) is 1.28. The highest BCUT2D eigenvalue weighted by Crippen LogP contribution is 2.09. The van der Waals surface area contributed by atoms with Crippen molar-refractivity contribution in [2.45, 2.75) is 0 Å². The molecule has 0 radical (unpaired) electrons. The number of benzene rings is 1. The molecule has 0 aliphatic rings. The third-order valence-corrected chi connectivity index (χ3v) is 1.46. The van der Waals surface area contributed by atoms with Crippen molar-refractivity contribution in [3.63, 3.8) is 0 Å². The molecule has 2 N–H and O–H groups in total. The number of para-hydroxylation sites is 1. The maximum Gasteiger partial charge on any atom is 0.177 e. The van der Waals surface area contributed by atoms with E-state index in [0.29, 0.717) is 0 Å². The van der Waals surface area contributed by atoms with Crippen LogP contribution in [0.1, 0.15) is 0 Å². The van der Waals surface area contributed by atoms with Gasteiger partial charge in [0.2, 0.25) is 0 Å². The van der Waals surface area contributed by atoms with Gasteiger partial charge in [0.25, 0.3) is 0 Å². The first-order valence-corrected chi connectivity index (χ1v) is 4.47. The van der Waals surface area contributed by atoms with E-state index in [4.69, 9.17) is 9.46 Å². The number of hydrogen-bond acceptors (Lipinski definition) is 1. The number of aromatic nitrogens is 1. The third-order valence-electron chi connectivity index (χ3n) is 1.46. The van der Waals surface area contributed by atoms with Crippen molar-refractivity contribution in [3.8, 4) is 0 Å². The summed E-state index contributed by atoms with van der Waals surface area (Å²) in [7, 11) is -1.50. The van der Waals surface area contributed by atoms with E-state index >= 15 is 0 Å². The summed E-state index contributed by atoms with van der Waals surface area (Å²) in [5.41, 5.74) is 1.21. The Morgan fingerprint density at radius 2 is 1.92 bits per heavy atom. The third kappa shape index (κ3) is 2.22. The van der Waals surface area contributed by atoms with Crippen LogP contribution in [0.5, 0.6) is 0 Å². The Labute approximate surface area is 71.3 Å². The molecule has 0 aliphatic carbocycles. The van der Waals surface area contributed by atoms with Crippen LogP contribution >= 0.6 is 8.69 Å². The smallest absolute Gasteiger partial charge is 0.177 e. The predicted octanol–water partition coefficient (Wildman–Crippen LogP) is 1.82. The minimum atomic E-state index is -1.50. The number of H-pyrrole nitrogens is 1. The molecular formula is C8H10NO2P. The lowest BCUT2D eigenvalue weighted by atomic mass is 10.3. The topological polar surface area (TPSA) is 53.1 Å². The zero-order valence-electron chi connectivity index (χ0n) is 6.40. The van der Waals surface area contributed by atoms with Gasteiger partial charge in [-0.15, -0.1) is 0 Å². The monoisotopic (exact) mass is 183 g/mol. The van der Waals surface area contributed by atoms with Crippen LogP contribution in [0.2, 0.25) is 0 Å². The fourth-order valence-corrected chi connectivity index (χ4v) is 0.995. The second-order valence-corrected chi connectivity index (χ2v) is 2.38. The second-order valence-electron chi connectivity index (χ2n) is 2.17. The number of nitrogens with one attached hydrogen (secondary N) is 1. The molecule has 0 bridgehead atoms. The van der Waals surface area contributed by atoms with E-state index in [2.05, 4.69) is 23.2 Å². The Hall–Kier alpha value is -1.05. The van der Waals surface area contributed by atoms with E-state index in [1.807, 2.05) is 18.3 Å². The van der Waals surface area contributed by atoms with Crippen molar-refractivity contribution in [3.05, 3.63) is 36.5 Å². The highest BCUT2D eigenvalue weighted by atomic mass is 31.1. The van der Waals surface area contributed by atoms with E-state index in [9.17, 15) is 0 Å². The lowest BCUT2D eigenvalue weighted by molar-refractivity contribution is 0.524. The first kappa shape index (κ1) is 9.04. The van der Waals surface area contributed by atoms with Crippen LogP contribution in [0.25, 0.3) is 10.9 Å². The maximum absolute atomic E-state index is 8.57.